The summed E-state index contributed by atoms with van der Waals surface area (Å²) < 4.78 is 0. The zero-order chi connectivity index (χ0) is 16.9. The molecule has 1 aliphatic rings. The van der Waals surface area contributed by atoms with Gasteiger partial charge in [0.2, 0.25) is 0 Å². The third-order valence-electron chi connectivity index (χ3n) is 4.37. The Morgan fingerprint density at radius 3 is 2.88 bits per heavy atom. The maximum absolute atomic E-state index is 12.6. The van der Waals surface area contributed by atoms with Crippen molar-refractivity contribution in [3.63, 3.8) is 0 Å². The maximum atomic E-state index is 12.6. The van der Waals surface area contributed by atoms with Crippen LogP contribution < -0.4 is 10.6 Å². The van der Waals surface area contributed by atoms with Gasteiger partial charge in [0.25, 0.3) is 5.91 Å². The minimum Gasteiger partial charge on any atom is -0.385 e. The van der Waals surface area contributed by atoms with Crippen molar-refractivity contribution in [1.29, 1.82) is 0 Å². The van der Waals surface area contributed by atoms with Gasteiger partial charge in [0.1, 0.15) is 0 Å². The van der Waals surface area contributed by atoms with Gasteiger partial charge in [-0.2, -0.15) is 0 Å². The van der Waals surface area contributed by atoms with E-state index in [9.17, 15) is 4.79 Å². The molecule has 1 heterocycles. The topological polar surface area (TPSA) is 44.4 Å². The lowest BCUT2D eigenvalue weighted by molar-refractivity contribution is 0.0951. The monoisotopic (exact) mass is 323 g/mol. The van der Waals surface area contributed by atoms with E-state index in [2.05, 4.69) is 33.7 Å². The first-order chi connectivity index (χ1) is 11.6. The lowest BCUT2D eigenvalue weighted by Gasteiger charge is -2.19. The zero-order valence-electron chi connectivity index (χ0n) is 14.4. The number of rotatable bonds is 5. The Morgan fingerprint density at radius 1 is 1.21 bits per heavy atom. The fourth-order valence-corrected chi connectivity index (χ4v) is 3.06. The fraction of sp³-hybridized carbons (Fsp3) is 0.350. The minimum atomic E-state index is -0.0108. The van der Waals surface area contributed by atoms with Crippen molar-refractivity contribution in [3.05, 3.63) is 53.6 Å². The number of hydrogen-bond donors (Lipinski definition) is 2. The van der Waals surface area contributed by atoms with E-state index >= 15 is 0 Å². The molecule has 0 bridgehead atoms. The first-order valence-corrected chi connectivity index (χ1v) is 8.54. The first-order valence-electron chi connectivity index (χ1n) is 8.54. The third kappa shape index (κ3) is 3.77. The number of hydrogen-bond acceptors (Lipinski definition) is 3. The van der Waals surface area contributed by atoms with Crippen LogP contribution in [0.15, 0.2) is 42.5 Å². The molecule has 1 amide bonds. The van der Waals surface area contributed by atoms with E-state index in [4.69, 9.17) is 0 Å². The number of nitrogens with zero attached hydrogens (tertiary/aromatic N) is 1. The zero-order valence-corrected chi connectivity index (χ0v) is 14.4. The van der Waals surface area contributed by atoms with E-state index in [1.54, 1.807) is 0 Å². The van der Waals surface area contributed by atoms with Crippen LogP contribution in [0.1, 0.15) is 22.3 Å². The van der Waals surface area contributed by atoms with Gasteiger partial charge >= 0.3 is 0 Å². The van der Waals surface area contributed by atoms with Crippen LogP contribution in [0.25, 0.3) is 11.1 Å². The normalized spacial score (nSPS) is 13.3. The number of aryl methyl sites for hydroxylation is 1. The van der Waals surface area contributed by atoms with Crippen molar-refractivity contribution in [2.45, 2.75) is 12.8 Å². The first kappa shape index (κ1) is 16.5. The van der Waals surface area contributed by atoms with Crippen LogP contribution in [0, 0.1) is 0 Å². The summed E-state index contributed by atoms with van der Waals surface area (Å²) in [6.45, 7) is 2.52. The molecule has 0 radical (unpaired) electrons. The summed E-state index contributed by atoms with van der Waals surface area (Å²) in [5.74, 6) is -0.0108. The lowest BCUT2D eigenvalue weighted by Crippen LogP contribution is -2.31. The molecule has 0 saturated carbocycles. The van der Waals surface area contributed by atoms with E-state index in [0.717, 1.165) is 42.6 Å². The van der Waals surface area contributed by atoms with Gasteiger partial charge in [-0.15, -0.1) is 0 Å². The molecule has 2 N–H and O–H groups in total. The Labute approximate surface area is 143 Å². The Morgan fingerprint density at radius 2 is 2.04 bits per heavy atom. The molecular weight excluding hydrogens is 298 g/mol. The molecule has 126 valence electrons. The van der Waals surface area contributed by atoms with E-state index < -0.39 is 0 Å². The van der Waals surface area contributed by atoms with E-state index in [0.29, 0.717) is 6.54 Å². The molecule has 0 fully saturated rings. The molecule has 2 aromatic carbocycles. The molecule has 1 aliphatic heterocycles. The molecule has 0 aromatic heterocycles. The Kier molecular flexibility index (Phi) is 5.16. The van der Waals surface area contributed by atoms with E-state index in [1.165, 1.54) is 11.3 Å². The largest absolute Gasteiger partial charge is 0.385 e. The average Bonchev–Trinajstić information content (AvgIpc) is 2.61. The number of carbonyl (C=O) groups is 1. The standard InChI is InChI=1S/C20H25N3O/c1-23(2)13-12-22-20(24)18-8-4-3-7-17(18)15-9-10-19-16(14-15)6-5-11-21-19/h3-4,7-10,14,21H,5-6,11-13H2,1-2H3,(H,22,24). The highest BCUT2D eigenvalue weighted by atomic mass is 16.1. The fourth-order valence-electron chi connectivity index (χ4n) is 3.06. The average molecular weight is 323 g/mol. The van der Waals surface area contributed by atoms with Gasteiger partial charge in [0, 0.05) is 30.9 Å². The van der Waals surface area contributed by atoms with Gasteiger partial charge in [0.15, 0.2) is 0 Å². The Balaban J connectivity index is 1.85. The Bertz CT molecular complexity index is 725. The van der Waals surface area contributed by atoms with Crippen LogP contribution in [-0.2, 0) is 6.42 Å². The SMILES string of the molecule is CN(C)CCNC(=O)c1ccccc1-c1ccc2c(c1)CCCN2. The molecule has 4 heteroatoms. The van der Waals surface area contributed by atoms with Crippen LogP contribution in [-0.4, -0.2) is 44.5 Å². The summed E-state index contributed by atoms with van der Waals surface area (Å²) in [6.07, 6.45) is 2.25. The summed E-state index contributed by atoms with van der Waals surface area (Å²) >= 11 is 0. The summed E-state index contributed by atoms with van der Waals surface area (Å²) in [5, 5.41) is 6.44. The predicted octanol–water partition coefficient (Wildman–Crippen LogP) is 3.00. The maximum Gasteiger partial charge on any atom is 0.251 e. The molecule has 0 unspecified atom stereocenters. The second-order valence-electron chi connectivity index (χ2n) is 6.51. The summed E-state index contributed by atoms with van der Waals surface area (Å²) in [7, 11) is 4.00. The highest BCUT2D eigenvalue weighted by Crippen LogP contribution is 2.30. The summed E-state index contributed by atoms with van der Waals surface area (Å²) in [6, 6.07) is 14.3. The molecule has 4 nitrogen and oxygen atoms in total. The van der Waals surface area contributed by atoms with Gasteiger partial charge in [-0.05, 0) is 61.8 Å². The van der Waals surface area contributed by atoms with Gasteiger partial charge in [0.05, 0.1) is 0 Å². The molecule has 2 aromatic rings. The number of likely N-dealkylation sites (N-methyl/N-ethyl adjacent to an activating group) is 1. The number of benzene rings is 2. The van der Waals surface area contributed by atoms with Crippen molar-refractivity contribution in [2.24, 2.45) is 0 Å². The van der Waals surface area contributed by atoms with Crippen molar-refractivity contribution in [3.8, 4) is 11.1 Å². The molecule has 0 aliphatic carbocycles. The van der Waals surface area contributed by atoms with Crippen molar-refractivity contribution >= 4 is 11.6 Å². The second-order valence-corrected chi connectivity index (χ2v) is 6.51. The highest BCUT2D eigenvalue weighted by molar-refractivity contribution is 6.01. The van der Waals surface area contributed by atoms with Gasteiger partial charge < -0.3 is 15.5 Å². The van der Waals surface area contributed by atoms with Crippen molar-refractivity contribution < 1.29 is 4.79 Å². The van der Waals surface area contributed by atoms with Crippen LogP contribution in [0.4, 0.5) is 5.69 Å². The van der Waals surface area contributed by atoms with E-state index in [1.807, 2.05) is 38.4 Å². The molecule has 0 atom stereocenters. The minimum absolute atomic E-state index is 0.0108. The summed E-state index contributed by atoms with van der Waals surface area (Å²) in [4.78, 5) is 14.6. The van der Waals surface area contributed by atoms with Gasteiger partial charge in [-0.1, -0.05) is 24.3 Å². The van der Waals surface area contributed by atoms with Gasteiger partial charge in [-0.3, -0.25) is 4.79 Å². The van der Waals surface area contributed by atoms with Crippen LogP contribution >= 0.6 is 0 Å². The lowest BCUT2D eigenvalue weighted by atomic mass is 9.94. The number of fused-ring (bicyclic) bond motifs is 1. The summed E-state index contributed by atoms with van der Waals surface area (Å²) in [5.41, 5.74) is 5.39. The number of carbonyl (C=O) groups excluding carboxylic acids is 1. The highest BCUT2D eigenvalue weighted by Gasteiger charge is 2.14. The molecule has 3 rings (SSSR count). The van der Waals surface area contributed by atoms with Crippen LogP contribution in [0.3, 0.4) is 0 Å². The van der Waals surface area contributed by atoms with Crippen molar-refractivity contribution in [2.75, 3.05) is 39.0 Å². The van der Waals surface area contributed by atoms with Crippen LogP contribution in [0.5, 0.6) is 0 Å². The molecule has 0 spiro atoms. The van der Waals surface area contributed by atoms with Crippen molar-refractivity contribution in [1.82, 2.24) is 10.2 Å². The van der Waals surface area contributed by atoms with E-state index in [-0.39, 0.29) is 5.91 Å². The van der Waals surface area contributed by atoms with Crippen LogP contribution in [0.2, 0.25) is 0 Å². The quantitative estimate of drug-likeness (QED) is 0.889. The molecule has 24 heavy (non-hydrogen) atoms. The second kappa shape index (κ2) is 7.49. The van der Waals surface area contributed by atoms with Gasteiger partial charge in [-0.25, -0.2) is 0 Å². The predicted molar refractivity (Wildman–Crippen MR) is 99.6 cm³/mol. The third-order valence-corrected chi connectivity index (χ3v) is 4.37. The molecule has 0 saturated heterocycles. The Hall–Kier alpha value is -2.33. The number of nitrogens with one attached hydrogen (secondary N) is 2. The molecular formula is C20H25N3O. The smallest absolute Gasteiger partial charge is 0.251 e. The number of amides is 1. The number of anilines is 1.